The molecule has 5 nitrogen and oxygen atoms in total. The second-order valence-corrected chi connectivity index (χ2v) is 4.24. The predicted molar refractivity (Wildman–Crippen MR) is 65.9 cm³/mol. The quantitative estimate of drug-likeness (QED) is 0.769. The lowest BCUT2D eigenvalue weighted by atomic mass is 10.2. The van der Waals surface area contributed by atoms with E-state index in [0.717, 1.165) is 18.9 Å². The SMILES string of the molecule is CC(=O)Nc1ccc(F)cc1NC(=O)NC1CC1. The smallest absolute Gasteiger partial charge is 0.319 e. The number of urea groups is 1. The number of hydrogen-bond acceptors (Lipinski definition) is 2. The molecule has 0 atom stereocenters. The second-order valence-electron chi connectivity index (χ2n) is 4.24. The number of anilines is 2. The molecule has 2 rings (SSSR count). The van der Waals surface area contributed by atoms with Gasteiger partial charge in [0.1, 0.15) is 5.82 Å². The second kappa shape index (κ2) is 5.03. The number of hydrogen-bond donors (Lipinski definition) is 3. The third-order valence-electron chi connectivity index (χ3n) is 2.45. The molecule has 96 valence electrons. The van der Waals surface area contributed by atoms with Crippen molar-refractivity contribution in [2.75, 3.05) is 10.6 Å². The Bertz CT molecular complexity index is 486. The molecule has 0 heterocycles. The Balaban J connectivity index is 2.10. The van der Waals surface area contributed by atoms with Gasteiger partial charge in [-0.2, -0.15) is 0 Å². The van der Waals surface area contributed by atoms with Crippen LogP contribution in [0.2, 0.25) is 0 Å². The van der Waals surface area contributed by atoms with Crippen molar-refractivity contribution >= 4 is 23.3 Å². The summed E-state index contributed by atoms with van der Waals surface area (Å²) in [5.41, 5.74) is 0.609. The van der Waals surface area contributed by atoms with Crippen LogP contribution in [0.15, 0.2) is 18.2 Å². The Hall–Kier alpha value is -2.11. The van der Waals surface area contributed by atoms with Gasteiger partial charge < -0.3 is 16.0 Å². The number of amides is 3. The Morgan fingerprint density at radius 2 is 1.94 bits per heavy atom. The predicted octanol–water partition coefficient (Wildman–Crippen LogP) is 2.07. The first-order chi connectivity index (χ1) is 8.54. The van der Waals surface area contributed by atoms with Crippen LogP contribution in [0.1, 0.15) is 19.8 Å². The van der Waals surface area contributed by atoms with E-state index in [1.807, 2.05) is 0 Å². The van der Waals surface area contributed by atoms with Crippen molar-refractivity contribution < 1.29 is 14.0 Å². The van der Waals surface area contributed by atoms with Crippen LogP contribution in [-0.4, -0.2) is 18.0 Å². The average molecular weight is 251 g/mol. The van der Waals surface area contributed by atoms with E-state index in [9.17, 15) is 14.0 Å². The van der Waals surface area contributed by atoms with E-state index in [2.05, 4.69) is 16.0 Å². The molecule has 1 saturated carbocycles. The molecule has 0 spiro atoms. The van der Waals surface area contributed by atoms with Gasteiger partial charge in [0.05, 0.1) is 11.4 Å². The van der Waals surface area contributed by atoms with Crippen LogP contribution >= 0.6 is 0 Å². The molecule has 1 aromatic carbocycles. The molecule has 0 saturated heterocycles. The molecule has 3 amide bonds. The van der Waals surface area contributed by atoms with Gasteiger partial charge in [-0.05, 0) is 31.0 Å². The highest BCUT2D eigenvalue weighted by atomic mass is 19.1. The lowest BCUT2D eigenvalue weighted by Gasteiger charge is -2.12. The van der Waals surface area contributed by atoms with Crippen LogP contribution in [-0.2, 0) is 4.79 Å². The van der Waals surface area contributed by atoms with Crippen molar-refractivity contribution in [3.8, 4) is 0 Å². The first-order valence-electron chi connectivity index (χ1n) is 5.69. The van der Waals surface area contributed by atoms with E-state index in [1.54, 1.807) is 0 Å². The van der Waals surface area contributed by atoms with Gasteiger partial charge in [0.2, 0.25) is 5.91 Å². The maximum absolute atomic E-state index is 13.1. The fourth-order valence-electron chi connectivity index (χ4n) is 1.49. The molecule has 6 heteroatoms. The highest BCUT2D eigenvalue weighted by Gasteiger charge is 2.23. The number of carbonyl (C=O) groups excluding carboxylic acids is 2. The number of rotatable bonds is 3. The first-order valence-corrected chi connectivity index (χ1v) is 5.69. The topological polar surface area (TPSA) is 70.2 Å². The molecular weight excluding hydrogens is 237 g/mol. The van der Waals surface area contributed by atoms with Crippen LogP contribution in [0.4, 0.5) is 20.6 Å². The summed E-state index contributed by atoms with van der Waals surface area (Å²) < 4.78 is 13.1. The van der Waals surface area contributed by atoms with E-state index in [4.69, 9.17) is 0 Å². The summed E-state index contributed by atoms with van der Waals surface area (Å²) in [7, 11) is 0. The molecule has 3 N–H and O–H groups in total. The van der Waals surface area contributed by atoms with Gasteiger partial charge in [0.15, 0.2) is 0 Å². The summed E-state index contributed by atoms with van der Waals surface area (Å²) in [5, 5.41) is 7.77. The maximum Gasteiger partial charge on any atom is 0.319 e. The van der Waals surface area contributed by atoms with Gasteiger partial charge in [-0.25, -0.2) is 9.18 Å². The fourth-order valence-corrected chi connectivity index (χ4v) is 1.49. The Kier molecular flexibility index (Phi) is 3.45. The van der Waals surface area contributed by atoms with E-state index >= 15 is 0 Å². The summed E-state index contributed by atoms with van der Waals surface area (Å²) in [6.45, 7) is 1.34. The third-order valence-corrected chi connectivity index (χ3v) is 2.45. The zero-order valence-electron chi connectivity index (χ0n) is 9.92. The summed E-state index contributed by atoms with van der Waals surface area (Å²) in [5.74, 6) is -0.766. The summed E-state index contributed by atoms with van der Waals surface area (Å²) >= 11 is 0. The lowest BCUT2D eigenvalue weighted by Crippen LogP contribution is -2.30. The van der Waals surface area contributed by atoms with Gasteiger partial charge in [0.25, 0.3) is 0 Å². The van der Waals surface area contributed by atoms with Gasteiger partial charge in [-0.1, -0.05) is 0 Å². The van der Waals surface area contributed by atoms with E-state index in [-0.39, 0.29) is 17.6 Å². The Morgan fingerprint density at radius 3 is 2.56 bits per heavy atom. The molecular formula is C12H14FN3O2. The van der Waals surface area contributed by atoms with E-state index in [0.29, 0.717) is 5.69 Å². The van der Waals surface area contributed by atoms with E-state index in [1.165, 1.54) is 19.1 Å². The molecule has 1 aliphatic rings. The first kappa shape index (κ1) is 12.3. The van der Waals surface area contributed by atoms with Gasteiger partial charge in [-0.3, -0.25) is 4.79 Å². The molecule has 0 aromatic heterocycles. The van der Waals surface area contributed by atoms with Crippen LogP contribution in [0.5, 0.6) is 0 Å². The number of benzene rings is 1. The molecule has 1 fully saturated rings. The lowest BCUT2D eigenvalue weighted by molar-refractivity contribution is -0.114. The Labute approximate surface area is 104 Å². The highest BCUT2D eigenvalue weighted by molar-refractivity contribution is 5.98. The highest BCUT2D eigenvalue weighted by Crippen LogP contribution is 2.23. The minimum Gasteiger partial charge on any atom is -0.335 e. The third kappa shape index (κ3) is 3.44. The van der Waals surface area contributed by atoms with Gasteiger partial charge in [-0.15, -0.1) is 0 Å². The van der Waals surface area contributed by atoms with Gasteiger partial charge in [0, 0.05) is 13.0 Å². The molecule has 0 aliphatic heterocycles. The standard InChI is InChI=1S/C12H14FN3O2/c1-7(17)14-10-5-2-8(13)6-11(10)16-12(18)15-9-3-4-9/h2,5-6,9H,3-4H2,1H3,(H,14,17)(H2,15,16,18). The van der Waals surface area contributed by atoms with Crippen molar-refractivity contribution in [3.63, 3.8) is 0 Å². The zero-order chi connectivity index (χ0) is 13.1. The van der Waals surface area contributed by atoms with Crippen molar-refractivity contribution in [3.05, 3.63) is 24.0 Å². The van der Waals surface area contributed by atoms with Crippen LogP contribution < -0.4 is 16.0 Å². The zero-order valence-corrected chi connectivity index (χ0v) is 9.92. The largest absolute Gasteiger partial charge is 0.335 e. The van der Waals surface area contributed by atoms with Crippen molar-refractivity contribution in [2.24, 2.45) is 0 Å². The van der Waals surface area contributed by atoms with Crippen molar-refractivity contribution in [1.82, 2.24) is 5.32 Å². The number of halogens is 1. The minimum atomic E-state index is -0.481. The van der Waals surface area contributed by atoms with Crippen LogP contribution in [0.3, 0.4) is 0 Å². The normalized spacial score (nSPS) is 13.9. The fraction of sp³-hybridized carbons (Fsp3) is 0.333. The molecule has 1 aliphatic carbocycles. The minimum absolute atomic E-state index is 0.211. The van der Waals surface area contributed by atoms with Crippen molar-refractivity contribution in [1.29, 1.82) is 0 Å². The molecule has 18 heavy (non-hydrogen) atoms. The molecule has 1 aromatic rings. The number of carbonyl (C=O) groups is 2. The van der Waals surface area contributed by atoms with Crippen LogP contribution in [0.25, 0.3) is 0 Å². The Morgan fingerprint density at radius 1 is 1.22 bits per heavy atom. The monoisotopic (exact) mass is 251 g/mol. The average Bonchev–Trinajstić information content (AvgIpc) is 3.05. The molecule has 0 bridgehead atoms. The maximum atomic E-state index is 13.1. The number of nitrogens with one attached hydrogen (secondary N) is 3. The molecule has 0 unspecified atom stereocenters. The summed E-state index contributed by atoms with van der Waals surface area (Å²) in [4.78, 5) is 22.5. The van der Waals surface area contributed by atoms with Crippen LogP contribution in [0, 0.1) is 5.82 Å². The summed E-state index contributed by atoms with van der Waals surface area (Å²) in [6.07, 6.45) is 1.93. The van der Waals surface area contributed by atoms with Crippen molar-refractivity contribution in [2.45, 2.75) is 25.8 Å². The summed E-state index contributed by atoms with van der Waals surface area (Å²) in [6, 6.07) is 3.61. The molecule has 0 radical (unpaired) electrons. The van der Waals surface area contributed by atoms with E-state index < -0.39 is 11.8 Å². The van der Waals surface area contributed by atoms with Gasteiger partial charge >= 0.3 is 6.03 Å².